The minimum atomic E-state index is -0.862. The number of benzene rings is 1. The minimum Gasteiger partial charge on any atom is -0.508 e. The lowest BCUT2D eigenvalue weighted by Crippen LogP contribution is -2.46. The normalized spacial score (nSPS) is 12.8. The van der Waals surface area contributed by atoms with Gasteiger partial charge >= 0.3 is 0 Å². The summed E-state index contributed by atoms with van der Waals surface area (Å²) >= 11 is 0. The van der Waals surface area contributed by atoms with E-state index in [0.29, 0.717) is 24.1 Å². The van der Waals surface area contributed by atoms with Gasteiger partial charge in [-0.2, -0.15) is 0 Å². The fraction of sp³-hybridized carbons (Fsp3) is 0.594. The van der Waals surface area contributed by atoms with E-state index in [1.165, 1.54) is 6.07 Å². The Balaban J connectivity index is -0.00000180. The third-order valence-corrected chi connectivity index (χ3v) is 5.76. The Hall–Kier alpha value is -3.41. The van der Waals surface area contributed by atoms with Gasteiger partial charge in [0, 0.05) is 26.1 Å². The second-order valence-corrected chi connectivity index (χ2v) is 9.21. The first kappa shape index (κ1) is 44.0. The van der Waals surface area contributed by atoms with Gasteiger partial charge < -0.3 is 43.4 Å². The first-order valence-corrected chi connectivity index (χ1v) is 15.4. The van der Waals surface area contributed by atoms with Crippen molar-refractivity contribution in [2.45, 2.75) is 99.1 Å². The zero-order chi connectivity index (χ0) is 33.8. The summed E-state index contributed by atoms with van der Waals surface area (Å²) in [7, 11) is 0. The van der Waals surface area contributed by atoms with Gasteiger partial charge in [-0.05, 0) is 67.5 Å². The van der Waals surface area contributed by atoms with Crippen molar-refractivity contribution in [3.8, 4) is 5.75 Å². The number of nitrogens with one attached hydrogen (secondary N) is 3. The molecule has 11 nitrogen and oxygen atoms in total. The summed E-state index contributed by atoms with van der Waals surface area (Å²) < 4.78 is 0. The third kappa shape index (κ3) is 20.2. The van der Waals surface area contributed by atoms with E-state index >= 15 is 0 Å². The molecule has 1 aromatic rings. The number of phenols is 1. The number of hydrogen-bond donors (Lipinski definition) is 8. The molecule has 0 saturated heterocycles. The van der Waals surface area contributed by atoms with Gasteiger partial charge in [-0.25, -0.2) is 0 Å². The van der Waals surface area contributed by atoms with E-state index in [1.54, 1.807) is 31.2 Å². The maximum Gasteiger partial charge on any atom is 0.242 e. The predicted octanol–water partition coefficient (Wildman–Crippen LogP) is 3.27. The van der Waals surface area contributed by atoms with Crippen molar-refractivity contribution in [2.24, 2.45) is 17.2 Å². The third-order valence-electron chi connectivity index (χ3n) is 5.76. The predicted molar refractivity (Wildman–Crippen MR) is 178 cm³/mol. The summed E-state index contributed by atoms with van der Waals surface area (Å²) in [5.41, 5.74) is 18.3. The number of aromatic hydroxyl groups is 1. The van der Waals surface area contributed by atoms with E-state index in [-0.39, 0.29) is 49.3 Å². The molecule has 0 saturated carbocycles. The van der Waals surface area contributed by atoms with Crippen molar-refractivity contribution in [1.29, 1.82) is 0 Å². The molecule has 1 aromatic carbocycles. The maximum atomic E-state index is 12.3. The minimum absolute atomic E-state index is 0.00294. The van der Waals surface area contributed by atoms with Crippen LogP contribution in [0.5, 0.6) is 5.75 Å². The quantitative estimate of drug-likeness (QED) is 0.0792. The number of carbonyl (C=O) groups excluding carboxylic acids is 3. The van der Waals surface area contributed by atoms with Crippen LogP contribution < -0.4 is 33.2 Å². The fourth-order valence-electron chi connectivity index (χ4n) is 3.30. The fourth-order valence-corrected chi connectivity index (χ4v) is 3.30. The smallest absolute Gasteiger partial charge is 0.242 e. The van der Waals surface area contributed by atoms with Crippen molar-refractivity contribution in [3.63, 3.8) is 0 Å². The van der Waals surface area contributed by atoms with Gasteiger partial charge in [0.05, 0.1) is 6.04 Å². The van der Waals surface area contributed by atoms with Crippen LogP contribution in [-0.4, -0.2) is 66.7 Å². The Bertz CT molecular complexity index is 950. The molecule has 11 heteroatoms. The maximum absolute atomic E-state index is 12.3. The van der Waals surface area contributed by atoms with Crippen molar-refractivity contribution >= 4 is 18.2 Å². The van der Waals surface area contributed by atoms with Crippen molar-refractivity contribution < 1.29 is 24.6 Å². The van der Waals surface area contributed by atoms with E-state index in [0.717, 1.165) is 24.9 Å². The van der Waals surface area contributed by atoms with Crippen molar-refractivity contribution in [3.05, 3.63) is 52.8 Å². The van der Waals surface area contributed by atoms with Crippen LogP contribution in [0.2, 0.25) is 0 Å². The molecule has 0 radical (unpaired) electrons. The lowest BCUT2D eigenvalue weighted by Gasteiger charge is -2.18. The van der Waals surface area contributed by atoms with E-state index in [4.69, 9.17) is 17.2 Å². The molecule has 0 heterocycles. The summed E-state index contributed by atoms with van der Waals surface area (Å²) in [6.45, 7) is 17.5. The molecule has 0 spiro atoms. The van der Waals surface area contributed by atoms with Gasteiger partial charge in [0.25, 0.3) is 0 Å². The van der Waals surface area contributed by atoms with Gasteiger partial charge in [0.15, 0.2) is 0 Å². The van der Waals surface area contributed by atoms with Crippen LogP contribution in [0.4, 0.5) is 0 Å². The van der Waals surface area contributed by atoms with E-state index in [9.17, 15) is 24.6 Å². The summed E-state index contributed by atoms with van der Waals surface area (Å²) in [5.74, 6) is -0.765. The average Bonchev–Trinajstić information content (AvgIpc) is 3.03. The molecule has 1 unspecified atom stereocenters. The highest BCUT2D eigenvalue weighted by Gasteiger charge is 2.20. The molecule has 0 aliphatic carbocycles. The summed E-state index contributed by atoms with van der Waals surface area (Å²) in [6, 6.07) is 3.41. The molecule has 0 aromatic heterocycles. The highest BCUT2D eigenvalue weighted by Crippen LogP contribution is 2.26. The number of phenolic OH excluding ortho intramolecular Hbond substituents is 1. The van der Waals surface area contributed by atoms with E-state index in [1.807, 2.05) is 41.5 Å². The zero-order valence-electron chi connectivity index (χ0n) is 27.7. The molecule has 1 rings (SSSR count). The molecule has 43 heavy (non-hydrogen) atoms. The van der Waals surface area contributed by atoms with Crippen molar-refractivity contribution in [1.82, 2.24) is 16.0 Å². The van der Waals surface area contributed by atoms with Crippen LogP contribution in [0.25, 0.3) is 0 Å². The second kappa shape index (κ2) is 28.7. The van der Waals surface area contributed by atoms with Crippen LogP contribution in [0, 0.1) is 0 Å². The number of allylic oxidation sites excluding steroid dienone is 2. The van der Waals surface area contributed by atoms with Crippen LogP contribution in [-0.2, 0) is 20.8 Å². The molecule has 3 amide bonds. The van der Waals surface area contributed by atoms with Crippen LogP contribution in [0.3, 0.4) is 0 Å². The van der Waals surface area contributed by atoms with Crippen LogP contribution in [0.15, 0.2) is 41.7 Å². The molecule has 0 aliphatic heterocycles. The first-order chi connectivity index (χ1) is 20.6. The highest BCUT2D eigenvalue weighted by atomic mass is 16.3. The van der Waals surface area contributed by atoms with Gasteiger partial charge in [0.1, 0.15) is 17.6 Å². The van der Waals surface area contributed by atoms with Gasteiger partial charge in [-0.15, -0.1) is 0 Å². The lowest BCUT2D eigenvalue weighted by atomic mass is 9.95. The molecule has 0 bridgehead atoms. The Morgan fingerprint density at radius 1 is 0.977 bits per heavy atom. The topological polar surface area (TPSA) is 206 Å². The van der Waals surface area contributed by atoms with Gasteiger partial charge in [-0.3, -0.25) is 14.4 Å². The zero-order valence-corrected chi connectivity index (χ0v) is 27.7. The lowest BCUT2D eigenvalue weighted by molar-refractivity contribution is -0.125. The summed E-state index contributed by atoms with van der Waals surface area (Å²) in [4.78, 5) is 35.2. The average molecular weight is 609 g/mol. The SMILES string of the molecule is CC.CC.CCCN.CCCNC(=O)[C@@H](N)C/C(C)=C(O)/C=C\C(C)c1ccc(O)c(C[C@H](NC=O)C(=O)NCCN)c1. The largest absolute Gasteiger partial charge is 0.508 e. The van der Waals surface area contributed by atoms with Gasteiger partial charge in [-0.1, -0.05) is 66.7 Å². The standard InChI is InChI=1S/C25H39N5O5.C3H9N.2C2H6/c1-4-10-28-24(34)20(27)12-17(3)22(32)7-5-16(2)18-6-8-23(33)19(13-18)14-21(30-15-31)25(35)29-11-9-26;1-2-3-4;2*1-2/h5-8,13,15-16,20-21,32-33H,4,9-12,14,26-27H2,1-3H3,(H,28,34)(H,29,35)(H,30,31);2-4H2,1H3;2*1-2H3/b7-5-,22-17-;;;/t16?,20-,21-;;;/m0.../s1. The number of nitrogens with two attached hydrogens (primary N) is 3. The Morgan fingerprint density at radius 2 is 1.56 bits per heavy atom. The number of rotatable bonds is 16. The summed E-state index contributed by atoms with van der Waals surface area (Å²) in [6.07, 6.45) is 6.00. The number of aliphatic hydroxyl groups is 1. The number of carbonyl (C=O) groups is 3. The monoisotopic (exact) mass is 608 g/mol. The van der Waals surface area contributed by atoms with Crippen LogP contribution >= 0.6 is 0 Å². The Labute approximate surface area is 259 Å². The molecule has 0 aliphatic rings. The molecule has 248 valence electrons. The number of hydrogen-bond acceptors (Lipinski definition) is 8. The Morgan fingerprint density at radius 3 is 2.07 bits per heavy atom. The molecular formula is C32H60N6O5. The molecule has 3 atom stereocenters. The summed E-state index contributed by atoms with van der Waals surface area (Å²) in [5, 5.41) is 28.5. The molecular weight excluding hydrogens is 548 g/mol. The number of aliphatic hydroxyl groups excluding tert-OH is 1. The van der Waals surface area contributed by atoms with Crippen molar-refractivity contribution in [2.75, 3.05) is 26.2 Å². The van der Waals surface area contributed by atoms with Gasteiger partial charge in [0.2, 0.25) is 18.2 Å². The molecule has 11 N–H and O–H groups in total. The Kier molecular flexibility index (Phi) is 29.4. The van der Waals surface area contributed by atoms with E-state index in [2.05, 4.69) is 22.9 Å². The highest BCUT2D eigenvalue weighted by molar-refractivity contribution is 5.84. The first-order valence-electron chi connectivity index (χ1n) is 15.4. The van der Waals surface area contributed by atoms with E-state index < -0.39 is 18.0 Å². The number of amides is 3. The second-order valence-electron chi connectivity index (χ2n) is 9.21. The van der Waals surface area contributed by atoms with Crippen LogP contribution in [0.1, 0.15) is 91.7 Å². The molecule has 0 fully saturated rings.